The molecule has 1 fully saturated rings. The number of tetrazole rings is 1. The van der Waals surface area contributed by atoms with Crippen LogP contribution < -0.4 is 15.0 Å². The first-order chi connectivity index (χ1) is 17.5. The molecule has 0 bridgehead atoms. The highest BCUT2D eigenvalue weighted by molar-refractivity contribution is 5.83. The Morgan fingerprint density at radius 2 is 1.81 bits per heavy atom. The van der Waals surface area contributed by atoms with Gasteiger partial charge < -0.3 is 19.6 Å². The second-order valence-corrected chi connectivity index (χ2v) is 8.84. The number of aromatic nitrogens is 5. The number of nitrogens with zero attached hydrogens (tertiary/aromatic N) is 5. The van der Waals surface area contributed by atoms with Gasteiger partial charge in [-0.25, -0.2) is 9.07 Å². The molecule has 1 saturated heterocycles. The number of H-pyrrole nitrogens is 1. The zero-order chi connectivity index (χ0) is 25.2. The van der Waals surface area contributed by atoms with Crippen LogP contribution in [0.15, 0.2) is 47.3 Å². The Morgan fingerprint density at radius 3 is 2.50 bits per heavy atom. The molecule has 10 nitrogen and oxygen atoms in total. The summed E-state index contributed by atoms with van der Waals surface area (Å²) in [7, 11) is 3.10. The first kappa shape index (κ1) is 23.9. The number of fused-ring (bicyclic) bond motifs is 1. The summed E-state index contributed by atoms with van der Waals surface area (Å²) < 4.78 is 25.9. The summed E-state index contributed by atoms with van der Waals surface area (Å²) in [6.45, 7) is 1.45. The summed E-state index contributed by atoms with van der Waals surface area (Å²) in [6, 6.07) is 10.9. The Balaban J connectivity index is 1.61. The van der Waals surface area contributed by atoms with Gasteiger partial charge in [-0.1, -0.05) is 12.1 Å². The minimum absolute atomic E-state index is 0.276. The number of aromatic amines is 1. The molecule has 2 aromatic carbocycles. The van der Waals surface area contributed by atoms with Gasteiger partial charge in [0.25, 0.3) is 5.56 Å². The van der Waals surface area contributed by atoms with Gasteiger partial charge in [-0.3, -0.25) is 9.69 Å². The van der Waals surface area contributed by atoms with Gasteiger partial charge in [-0.05, 0) is 53.1 Å². The summed E-state index contributed by atoms with van der Waals surface area (Å²) in [6.07, 6.45) is 0.766. The topological polar surface area (TPSA) is 118 Å². The van der Waals surface area contributed by atoms with Crippen LogP contribution in [0.5, 0.6) is 11.5 Å². The molecule has 0 unspecified atom stereocenters. The molecule has 1 aliphatic rings. The van der Waals surface area contributed by atoms with Gasteiger partial charge in [0.05, 0.1) is 32.4 Å². The zero-order valence-corrected chi connectivity index (χ0v) is 20.0. The molecular formula is C25H27FN6O4. The van der Waals surface area contributed by atoms with Crippen LogP contribution in [0.25, 0.3) is 10.9 Å². The molecular weight excluding hydrogens is 467 g/mol. The lowest BCUT2D eigenvalue weighted by Gasteiger charge is -2.35. The predicted octanol–water partition coefficient (Wildman–Crippen LogP) is 2.27. The van der Waals surface area contributed by atoms with Crippen molar-refractivity contribution in [3.8, 4) is 11.5 Å². The van der Waals surface area contributed by atoms with Crippen LogP contribution in [-0.4, -0.2) is 68.6 Å². The van der Waals surface area contributed by atoms with E-state index in [9.17, 15) is 14.3 Å². The van der Waals surface area contributed by atoms with E-state index in [2.05, 4.69) is 25.4 Å². The number of ether oxygens (including phenoxy) is 2. The Bertz CT molecular complexity index is 1410. The van der Waals surface area contributed by atoms with Gasteiger partial charge >= 0.3 is 0 Å². The fourth-order valence-electron chi connectivity index (χ4n) is 4.68. The van der Waals surface area contributed by atoms with Crippen molar-refractivity contribution in [2.24, 2.45) is 0 Å². The molecule has 4 aromatic rings. The fourth-order valence-corrected chi connectivity index (χ4v) is 4.68. The third kappa shape index (κ3) is 4.67. The van der Waals surface area contributed by atoms with Crippen LogP contribution in [-0.2, 0) is 6.54 Å². The first-order valence-electron chi connectivity index (χ1n) is 11.7. The Kier molecular flexibility index (Phi) is 6.66. The summed E-state index contributed by atoms with van der Waals surface area (Å²) in [4.78, 5) is 18.5. The molecule has 2 aromatic heterocycles. The van der Waals surface area contributed by atoms with Crippen LogP contribution in [0.2, 0.25) is 0 Å². The van der Waals surface area contributed by atoms with Crippen molar-refractivity contribution in [2.75, 3.05) is 27.3 Å². The molecule has 1 aliphatic heterocycles. The van der Waals surface area contributed by atoms with Crippen molar-refractivity contribution in [2.45, 2.75) is 31.5 Å². The van der Waals surface area contributed by atoms with Crippen molar-refractivity contribution in [1.82, 2.24) is 30.1 Å². The van der Waals surface area contributed by atoms with E-state index in [1.807, 2.05) is 12.1 Å². The second-order valence-electron chi connectivity index (χ2n) is 8.84. The maximum Gasteiger partial charge on any atom is 0.253 e. The molecule has 0 aliphatic carbocycles. The van der Waals surface area contributed by atoms with Gasteiger partial charge in [0.1, 0.15) is 11.9 Å². The predicted molar refractivity (Wildman–Crippen MR) is 130 cm³/mol. The number of aliphatic hydroxyl groups is 1. The van der Waals surface area contributed by atoms with Crippen molar-refractivity contribution in [3.05, 3.63) is 75.6 Å². The van der Waals surface area contributed by atoms with E-state index in [-0.39, 0.29) is 17.5 Å². The van der Waals surface area contributed by atoms with E-state index in [0.717, 1.165) is 10.9 Å². The standard InChI is InChI=1S/C25H27FN6O4/c1-35-21-12-16-11-19(25(34)27-20(16)13-22(21)36-2)23(31-9-7-18(33)8-10-31)24-28-29-30-32(24)14-15-3-5-17(26)6-4-15/h3-6,11-13,18,23,33H,7-10,14H2,1-2H3,(H,27,34)/t23-/m1/s1. The maximum absolute atomic E-state index is 13.4. The molecule has 0 radical (unpaired) electrons. The lowest BCUT2D eigenvalue weighted by molar-refractivity contribution is 0.0659. The lowest BCUT2D eigenvalue weighted by atomic mass is 9.99. The smallest absolute Gasteiger partial charge is 0.253 e. The summed E-state index contributed by atoms with van der Waals surface area (Å²) >= 11 is 0. The number of piperidine rings is 1. The quantitative estimate of drug-likeness (QED) is 0.402. The molecule has 0 saturated carbocycles. The highest BCUT2D eigenvalue weighted by Gasteiger charge is 2.33. The van der Waals surface area contributed by atoms with Gasteiger partial charge in [0.15, 0.2) is 17.3 Å². The van der Waals surface area contributed by atoms with E-state index in [0.29, 0.717) is 60.9 Å². The highest BCUT2D eigenvalue weighted by Crippen LogP contribution is 2.34. The Labute approximate surface area is 206 Å². The fraction of sp³-hybridized carbons (Fsp3) is 0.360. The summed E-state index contributed by atoms with van der Waals surface area (Å²) in [5.41, 5.74) is 1.63. The van der Waals surface area contributed by atoms with E-state index in [1.165, 1.54) is 19.2 Å². The Morgan fingerprint density at radius 1 is 1.11 bits per heavy atom. The molecule has 1 atom stereocenters. The number of likely N-dealkylation sites (tertiary alicyclic amines) is 1. The number of methoxy groups -OCH3 is 2. The minimum atomic E-state index is -0.561. The van der Waals surface area contributed by atoms with Gasteiger partial charge in [0.2, 0.25) is 0 Å². The number of nitrogens with one attached hydrogen (secondary N) is 1. The average Bonchev–Trinajstić information content (AvgIpc) is 3.33. The monoisotopic (exact) mass is 494 g/mol. The summed E-state index contributed by atoms with van der Waals surface area (Å²) in [5, 5.41) is 23.2. The highest BCUT2D eigenvalue weighted by atomic mass is 19.1. The average molecular weight is 495 g/mol. The number of pyridine rings is 1. The minimum Gasteiger partial charge on any atom is -0.493 e. The van der Waals surface area contributed by atoms with E-state index >= 15 is 0 Å². The summed E-state index contributed by atoms with van der Waals surface area (Å²) in [5.74, 6) is 1.22. The second kappa shape index (κ2) is 10.0. The van der Waals surface area contributed by atoms with E-state index < -0.39 is 6.04 Å². The van der Waals surface area contributed by atoms with Crippen LogP contribution in [0.1, 0.15) is 35.8 Å². The first-order valence-corrected chi connectivity index (χ1v) is 11.7. The number of halogens is 1. The molecule has 0 spiro atoms. The number of hydrogen-bond donors (Lipinski definition) is 2. The third-order valence-corrected chi connectivity index (χ3v) is 6.59. The van der Waals surface area contributed by atoms with E-state index in [4.69, 9.17) is 9.47 Å². The largest absolute Gasteiger partial charge is 0.493 e. The normalized spacial score (nSPS) is 15.8. The molecule has 11 heteroatoms. The van der Waals surface area contributed by atoms with Gasteiger partial charge in [0, 0.05) is 30.1 Å². The van der Waals surface area contributed by atoms with Crippen LogP contribution in [0.3, 0.4) is 0 Å². The van der Waals surface area contributed by atoms with Crippen LogP contribution in [0, 0.1) is 5.82 Å². The zero-order valence-electron chi connectivity index (χ0n) is 20.0. The molecule has 0 amide bonds. The molecule has 36 heavy (non-hydrogen) atoms. The Hall–Kier alpha value is -3.83. The number of hydrogen-bond acceptors (Lipinski definition) is 8. The molecule has 3 heterocycles. The van der Waals surface area contributed by atoms with Crippen molar-refractivity contribution in [1.29, 1.82) is 0 Å². The van der Waals surface area contributed by atoms with Gasteiger partial charge in [-0.2, -0.15) is 0 Å². The number of benzene rings is 2. The van der Waals surface area contributed by atoms with Crippen LogP contribution in [0.4, 0.5) is 4.39 Å². The molecule has 188 valence electrons. The molecule has 2 N–H and O–H groups in total. The lowest BCUT2D eigenvalue weighted by Crippen LogP contribution is -2.41. The van der Waals surface area contributed by atoms with Gasteiger partial charge in [-0.15, -0.1) is 5.10 Å². The molecule has 5 rings (SSSR count). The number of rotatable bonds is 7. The van der Waals surface area contributed by atoms with Crippen molar-refractivity contribution >= 4 is 10.9 Å². The third-order valence-electron chi connectivity index (χ3n) is 6.59. The number of aliphatic hydroxyl groups excluding tert-OH is 1. The van der Waals surface area contributed by atoms with Crippen molar-refractivity contribution in [3.63, 3.8) is 0 Å². The van der Waals surface area contributed by atoms with Crippen molar-refractivity contribution < 1.29 is 19.0 Å². The van der Waals surface area contributed by atoms with Crippen LogP contribution >= 0.6 is 0 Å². The maximum atomic E-state index is 13.4. The van der Waals surface area contributed by atoms with E-state index in [1.54, 1.807) is 30.0 Å². The SMILES string of the molecule is COc1cc2cc([C@H](c3nnnn3Cc3ccc(F)cc3)N3CCC(O)CC3)c(=O)[nH]c2cc1OC.